The van der Waals surface area contributed by atoms with Crippen molar-refractivity contribution in [1.29, 1.82) is 0 Å². The first kappa shape index (κ1) is 13.4. The van der Waals surface area contributed by atoms with E-state index in [2.05, 4.69) is 48.3 Å². The summed E-state index contributed by atoms with van der Waals surface area (Å²) in [5.74, 6) is 0. The van der Waals surface area contributed by atoms with Crippen molar-refractivity contribution in [3.8, 4) is 0 Å². The van der Waals surface area contributed by atoms with E-state index in [1.165, 1.54) is 12.1 Å². The van der Waals surface area contributed by atoms with Crippen LogP contribution in [0.15, 0.2) is 30.3 Å². The Labute approximate surface area is 110 Å². The van der Waals surface area contributed by atoms with Crippen molar-refractivity contribution in [3.63, 3.8) is 0 Å². The van der Waals surface area contributed by atoms with Crippen LogP contribution in [0.4, 0.5) is 5.69 Å². The summed E-state index contributed by atoms with van der Waals surface area (Å²) in [7, 11) is 0. The van der Waals surface area contributed by atoms with Crippen molar-refractivity contribution in [2.24, 2.45) is 0 Å². The van der Waals surface area contributed by atoms with Gasteiger partial charge in [0, 0.05) is 31.4 Å². The molecule has 0 radical (unpaired) electrons. The minimum absolute atomic E-state index is 0.378. The molecule has 0 aliphatic carbocycles. The first-order valence-electron chi connectivity index (χ1n) is 6.90. The number of rotatable bonds is 5. The van der Waals surface area contributed by atoms with Gasteiger partial charge in [-0.15, -0.1) is 0 Å². The lowest BCUT2D eigenvalue weighted by Gasteiger charge is -2.36. The predicted molar refractivity (Wildman–Crippen MR) is 76.0 cm³/mol. The van der Waals surface area contributed by atoms with Crippen molar-refractivity contribution in [2.45, 2.75) is 32.4 Å². The lowest BCUT2D eigenvalue weighted by Crippen LogP contribution is -2.47. The Morgan fingerprint density at radius 1 is 1.28 bits per heavy atom. The molecule has 0 amide bonds. The first-order chi connectivity index (χ1) is 8.75. The molecule has 1 saturated heterocycles. The molecule has 1 aromatic carbocycles. The highest BCUT2D eigenvalue weighted by Gasteiger charge is 2.22. The van der Waals surface area contributed by atoms with E-state index in [0.717, 1.165) is 26.2 Å². The Morgan fingerprint density at radius 3 is 2.83 bits per heavy atom. The van der Waals surface area contributed by atoms with Crippen LogP contribution in [-0.2, 0) is 4.74 Å². The summed E-state index contributed by atoms with van der Waals surface area (Å²) in [6, 6.07) is 10.9. The Morgan fingerprint density at radius 2 is 2.06 bits per heavy atom. The van der Waals surface area contributed by atoms with Gasteiger partial charge in [0.1, 0.15) is 0 Å². The number of ether oxygens (including phenoxy) is 1. The number of hydrogen-bond acceptors (Lipinski definition) is 3. The number of morpholine rings is 1. The molecule has 1 N–H and O–H groups in total. The van der Waals surface area contributed by atoms with Gasteiger partial charge in [-0.3, -0.25) is 4.90 Å². The highest BCUT2D eigenvalue weighted by molar-refractivity contribution is 5.42. The summed E-state index contributed by atoms with van der Waals surface area (Å²) in [4.78, 5) is 2.53. The van der Waals surface area contributed by atoms with Crippen LogP contribution in [0.3, 0.4) is 0 Å². The maximum Gasteiger partial charge on any atom is 0.0674 e. The summed E-state index contributed by atoms with van der Waals surface area (Å²) in [6.07, 6.45) is 1.55. The second-order valence-corrected chi connectivity index (χ2v) is 5.13. The summed E-state index contributed by atoms with van der Waals surface area (Å²) in [5, 5.41) is 3.45. The van der Waals surface area contributed by atoms with Gasteiger partial charge in [0.15, 0.2) is 0 Å². The zero-order chi connectivity index (χ0) is 12.8. The predicted octanol–water partition coefficient (Wildman–Crippen LogP) is 2.60. The lowest BCUT2D eigenvalue weighted by molar-refractivity contribution is -0.0491. The van der Waals surface area contributed by atoms with Crippen LogP contribution in [0, 0.1) is 0 Å². The van der Waals surface area contributed by atoms with E-state index >= 15 is 0 Å². The van der Waals surface area contributed by atoms with E-state index in [0.29, 0.717) is 12.1 Å². The molecule has 1 fully saturated rings. The van der Waals surface area contributed by atoms with Crippen LogP contribution in [0.2, 0.25) is 0 Å². The van der Waals surface area contributed by atoms with Gasteiger partial charge in [-0.2, -0.15) is 0 Å². The largest absolute Gasteiger partial charge is 0.385 e. The van der Waals surface area contributed by atoms with E-state index in [4.69, 9.17) is 4.74 Å². The van der Waals surface area contributed by atoms with Gasteiger partial charge >= 0.3 is 0 Å². The summed E-state index contributed by atoms with van der Waals surface area (Å²) in [6.45, 7) is 8.51. The molecule has 0 spiro atoms. The zero-order valence-electron chi connectivity index (χ0n) is 11.4. The highest BCUT2D eigenvalue weighted by Crippen LogP contribution is 2.11. The summed E-state index contributed by atoms with van der Waals surface area (Å²) >= 11 is 0. The van der Waals surface area contributed by atoms with Crippen molar-refractivity contribution in [2.75, 3.05) is 31.6 Å². The van der Waals surface area contributed by atoms with Crippen LogP contribution in [0.5, 0.6) is 0 Å². The summed E-state index contributed by atoms with van der Waals surface area (Å²) in [5.41, 5.74) is 1.21. The van der Waals surface area contributed by atoms with Gasteiger partial charge in [-0.1, -0.05) is 18.2 Å². The number of nitrogens with zero attached hydrogens (tertiary/aromatic N) is 1. The van der Waals surface area contributed by atoms with Crippen molar-refractivity contribution >= 4 is 5.69 Å². The number of hydrogen-bond donors (Lipinski definition) is 1. The third-order valence-electron chi connectivity index (χ3n) is 3.46. The fourth-order valence-corrected chi connectivity index (χ4v) is 2.35. The molecule has 1 aliphatic heterocycles. The van der Waals surface area contributed by atoms with Crippen LogP contribution < -0.4 is 5.32 Å². The monoisotopic (exact) mass is 248 g/mol. The van der Waals surface area contributed by atoms with Crippen LogP contribution in [0.25, 0.3) is 0 Å². The average molecular weight is 248 g/mol. The molecular formula is C15H24N2O. The lowest BCUT2D eigenvalue weighted by atomic mass is 10.2. The molecule has 100 valence electrons. The third-order valence-corrected chi connectivity index (χ3v) is 3.46. The van der Waals surface area contributed by atoms with Crippen molar-refractivity contribution in [1.82, 2.24) is 4.90 Å². The molecule has 0 aromatic heterocycles. The molecule has 1 aliphatic rings. The minimum Gasteiger partial charge on any atom is -0.385 e. The van der Waals surface area contributed by atoms with E-state index in [1.54, 1.807) is 0 Å². The molecule has 2 atom stereocenters. The quantitative estimate of drug-likeness (QED) is 0.811. The second-order valence-electron chi connectivity index (χ2n) is 5.13. The molecule has 1 aromatic rings. The molecule has 1 heterocycles. The average Bonchev–Trinajstić information content (AvgIpc) is 2.40. The second kappa shape index (κ2) is 6.76. The Hall–Kier alpha value is -1.06. The first-order valence-corrected chi connectivity index (χ1v) is 6.90. The molecule has 3 heteroatoms. The third kappa shape index (κ3) is 4.00. The molecule has 0 bridgehead atoms. The maximum absolute atomic E-state index is 5.64. The zero-order valence-corrected chi connectivity index (χ0v) is 11.4. The normalized spacial score (nSPS) is 25.0. The standard InChI is InChI=1S/C15H24N2O/c1-13-12-18-14(2)11-17(13)10-6-9-16-15-7-4-3-5-8-15/h3-5,7-8,13-14,16H,6,9-12H2,1-2H3. The SMILES string of the molecule is CC1CN(CCCNc2ccccc2)C(C)CO1. The van der Waals surface area contributed by atoms with E-state index in [1.807, 2.05) is 6.07 Å². The van der Waals surface area contributed by atoms with Crippen LogP contribution in [0.1, 0.15) is 20.3 Å². The van der Waals surface area contributed by atoms with Gasteiger partial charge in [0.25, 0.3) is 0 Å². The van der Waals surface area contributed by atoms with Crippen LogP contribution >= 0.6 is 0 Å². The Kier molecular flexibility index (Phi) is 5.02. The minimum atomic E-state index is 0.378. The van der Waals surface area contributed by atoms with Gasteiger partial charge in [-0.05, 0) is 32.4 Å². The van der Waals surface area contributed by atoms with Gasteiger partial charge in [0.2, 0.25) is 0 Å². The summed E-state index contributed by atoms with van der Waals surface area (Å²) < 4.78 is 5.64. The number of anilines is 1. The van der Waals surface area contributed by atoms with Gasteiger partial charge in [0.05, 0.1) is 12.7 Å². The highest BCUT2D eigenvalue weighted by atomic mass is 16.5. The molecule has 2 rings (SSSR count). The topological polar surface area (TPSA) is 24.5 Å². The maximum atomic E-state index is 5.64. The van der Waals surface area contributed by atoms with Crippen molar-refractivity contribution < 1.29 is 4.74 Å². The molecule has 18 heavy (non-hydrogen) atoms. The number of para-hydroxylation sites is 1. The van der Waals surface area contributed by atoms with Crippen molar-refractivity contribution in [3.05, 3.63) is 30.3 Å². The Bertz CT molecular complexity index is 342. The van der Waals surface area contributed by atoms with E-state index in [9.17, 15) is 0 Å². The Balaban J connectivity index is 1.66. The fourth-order valence-electron chi connectivity index (χ4n) is 2.35. The molecule has 3 nitrogen and oxygen atoms in total. The molecular weight excluding hydrogens is 224 g/mol. The van der Waals surface area contributed by atoms with E-state index < -0.39 is 0 Å². The van der Waals surface area contributed by atoms with E-state index in [-0.39, 0.29) is 0 Å². The molecule has 2 unspecified atom stereocenters. The number of benzene rings is 1. The fraction of sp³-hybridized carbons (Fsp3) is 0.600. The van der Waals surface area contributed by atoms with Gasteiger partial charge in [-0.25, -0.2) is 0 Å². The van der Waals surface area contributed by atoms with Gasteiger partial charge < -0.3 is 10.1 Å². The van der Waals surface area contributed by atoms with Crippen LogP contribution in [-0.4, -0.2) is 43.3 Å². The molecule has 0 saturated carbocycles. The smallest absolute Gasteiger partial charge is 0.0674 e. The number of nitrogens with one attached hydrogen (secondary N) is 1.